The lowest BCUT2D eigenvalue weighted by molar-refractivity contribution is 0.121. The molecule has 28 heavy (non-hydrogen) atoms. The molecule has 0 bridgehead atoms. The van der Waals surface area contributed by atoms with Gasteiger partial charge in [0.05, 0.1) is 26.4 Å². The molecule has 0 amide bonds. The lowest BCUT2D eigenvalue weighted by Crippen LogP contribution is -2.36. The highest BCUT2D eigenvalue weighted by Gasteiger charge is 2.19. The maximum atomic E-state index is 12.6. The number of nitrogens with zero attached hydrogens (tertiary/aromatic N) is 2. The molecule has 0 radical (unpaired) electrons. The van der Waals surface area contributed by atoms with Crippen molar-refractivity contribution < 1.29 is 13.9 Å². The fraction of sp³-hybridized carbons (Fsp3) is 0.381. The van der Waals surface area contributed by atoms with Gasteiger partial charge in [-0.05, 0) is 17.7 Å². The molecule has 2 aromatic heterocycles. The second kappa shape index (κ2) is 7.58. The van der Waals surface area contributed by atoms with E-state index < -0.39 is 0 Å². The van der Waals surface area contributed by atoms with Crippen LogP contribution in [0.15, 0.2) is 44.9 Å². The summed E-state index contributed by atoms with van der Waals surface area (Å²) in [5.74, 6) is 0.630. The minimum Gasteiger partial charge on any atom is -0.439 e. The molecule has 0 saturated carbocycles. The van der Waals surface area contributed by atoms with Crippen molar-refractivity contribution in [3.63, 3.8) is 0 Å². The first-order valence-corrected chi connectivity index (χ1v) is 10.5. The third-order valence-electron chi connectivity index (χ3n) is 5.31. The zero-order valence-corrected chi connectivity index (χ0v) is 16.4. The molecule has 3 aromatic rings. The normalized spacial score (nSPS) is 18.0. The maximum Gasteiger partial charge on any atom is 0.204 e. The summed E-state index contributed by atoms with van der Waals surface area (Å²) < 4.78 is 17.7. The van der Waals surface area contributed by atoms with Gasteiger partial charge < -0.3 is 23.7 Å². The molecule has 4 heterocycles. The van der Waals surface area contributed by atoms with E-state index in [1.807, 2.05) is 5.38 Å². The van der Waals surface area contributed by atoms with E-state index in [0.717, 1.165) is 50.5 Å². The fourth-order valence-electron chi connectivity index (χ4n) is 3.74. The van der Waals surface area contributed by atoms with Crippen molar-refractivity contribution >= 4 is 33.2 Å². The number of anilines is 2. The highest BCUT2D eigenvalue weighted by atomic mass is 32.1. The van der Waals surface area contributed by atoms with E-state index in [-0.39, 0.29) is 5.43 Å². The lowest BCUT2D eigenvalue weighted by atomic mass is 10.1. The summed E-state index contributed by atoms with van der Waals surface area (Å²) in [6, 6.07) is 10.1. The zero-order valence-electron chi connectivity index (χ0n) is 15.6. The van der Waals surface area contributed by atoms with Gasteiger partial charge in [-0.3, -0.25) is 4.79 Å². The predicted octanol–water partition coefficient (Wildman–Crippen LogP) is 3.19. The average molecular weight is 398 g/mol. The second-order valence-corrected chi connectivity index (χ2v) is 7.88. The predicted molar refractivity (Wildman–Crippen MR) is 112 cm³/mol. The second-order valence-electron chi connectivity index (χ2n) is 7.00. The van der Waals surface area contributed by atoms with Gasteiger partial charge in [0, 0.05) is 48.9 Å². The Bertz CT molecular complexity index is 1020. The van der Waals surface area contributed by atoms with Crippen molar-refractivity contribution in [1.82, 2.24) is 0 Å². The van der Waals surface area contributed by atoms with Gasteiger partial charge in [-0.1, -0.05) is 12.1 Å². The number of fused-ring (bicyclic) bond motifs is 1. The van der Waals surface area contributed by atoms with Crippen LogP contribution in [0.25, 0.3) is 21.4 Å². The van der Waals surface area contributed by atoms with Gasteiger partial charge in [0.2, 0.25) is 5.43 Å². The third kappa shape index (κ3) is 3.30. The molecule has 7 heteroatoms. The molecule has 2 saturated heterocycles. The first-order valence-electron chi connectivity index (χ1n) is 9.61. The van der Waals surface area contributed by atoms with E-state index in [1.165, 1.54) is 17.0 Å². The SMILES string of the molecule is O=c1cc(N2CCOCC2)oc2c(-c3ccc(N4CCOCC4)cc3)csc12. The Hall–Kier alpha value is -2.35. The summed E-state index contributed by atoms with van der Waals surface area (Å²) in [5, 5.41) is 2.02. The Labute approximate surface area is 166 Å². The van der Waals surface area contributed by atoms with Gasteiger partial charge in [0.15, 0.2) is 11.5 Å². The van der Waals surface area contributed by atoms with Crippen LogP contribution in [-0.4, -0.2) is 52.6 Å². The van der Waals surface area contributed by atoms with Crippen LogP contribution in [-0.2, 0) is 9.47 Å². The molecule has 0 atom stereocenters. The van der Waals surface area contributed by atoms with E-state index in [2.05, 4.69) is 34.1 Å². The summed E-state index contributed by atoms with van der Waals surface area (Å²) in [7, 11) is 0. The van der Waals surface area contributed by atoms with Gasteiger partial charge in [-0.15, -0.1) is 11.3 Å². The largest absolute Gasteiger partial charge is 0.439 e. The molecule has 0 aliphatic carbocycles. The average Bonchev–Trinajstić information content (AvgIpc) is 3.20. The number of morpholine rings is 2. The molecule has 6 nitrogen and oxygen atoms in total. The van der Waals surface area contributed by atoms with Crippen molar-refractivity contribution in [3.8, 4) is 11.1 Å². The molecule has 0 spiro atoms. The molecular weight excluding hydrogens is 376 g/mol. The Morgan fingerprint density at radius 2 is 1.50 bits per heavy atom. The number of rotatable bonds is 3. The summed E-state index contributed by atoms with van der Waals surface area (Å²) in [6.45, 7) is 6.16. The van der Waals surface area contributed by atoms with Crippen molar-refractivity contribution in [2.45, 2.75) is 0 Å². The Morgan fingerprint density at radius 3 is 2.18 bits per heavy atom. The fourth-order valence-corrected chi connectivity index (χ4v) is 4.65. The topological polar surface area (TPSA) is 55.2 Å². The highest BCUT2D eigenvalue weighted by Crippen LogP contribution is 2.35. The Kier molecular flexibility index (Phi) is 4.80. The quantitative estimate of drug-likeness (QED) is 0.675. The Morgan fingerprint density at radius 1 is 0.857 bits per heavy atom. The van der Waals surface area contributed by atoms with Crippen LogP contribution in [0.1, 0.15) is 0 Å². The number of thiophene rings is 1. The van der Waals surface area contributed by atoms with Gasteiger partial charge in [0.25, 0.3) is 0 Å². The lowest BCUT2D eigenvalue weighted by Gasteiger charge is -2.28. The Balaban J connectivity index is 1.50. The standard InChI is InChI=1S/C21H22N2O4S/c24-18-13-19(23-7-11-26-12-8-23)27-20-17(14-28-21(18)20)15-1-3-16(4-2-15)22-5-9-25-10-6-22/h1-4,13-14H,5-12H2. The minimum absolute atomic E-state index is 0.0175. The van der Waals surface area contributed by atoms with Crippen LogP contribution in [0.4, 0.5) is 11.6 Å². The monoisotopic (exact) mass is 398 g/mol. The molecular formula is C21H22N2O4S. The van der Waals surface area contributed by atoms with Crippen molar-refractivity contribution in [2.24, 2.45) is 0 Å². The maximum absolute atomic E-state index is 12.6. The first kappa shape index (κ1) is 17.7. The van der Waals surface area contributed by atoms with Gasteiger partial charge in [-0.2, -0.15) is 0 Å². The number of hydrogen-bond donors (Lipinski definition) is 0. The van der Waals surface area contributed by atoms with Crippen molar-refractivity contribution in [3.05, 3.63) is 45.9 Å². The van der Waals surface area contributed by atoms with Crippen LogP contribution in [0.5, 0.6) is 0 Å². The third-order valence-corrected chi connectivity index (χ3v) is 6.28. The van der Waals surface area contributed by atoms with E-state index in [4.69, 9.17) is 13.9 Å². The molecule has 146 valence electrons. The molecule has 2 fully saturated rings. The van der Waals surface area contributed by atoms with Crippen LogP contribution in [0, 0.1) is 0 Å². The van der Waals surface area contributed by atoms with Crippen LogP contribution in [0.2, 0.25) is 0 Å². The molecule has 5 rings (SSSR count). The summed E-state index contributed by atoms with van der Waals surface area (Å²) in [5.41, 5.74) is 3.93. The molecule has 2 aliphatic rings. The number of hydrogen-bond acceptors (Lipinski definition) is 7. The molecule has 2 aliphatic heterocycles. The summed E-state index contributed by atoms with van der Waals surface area (Å²) in [6.07, 6.45) is 0. The number of ether oxygens (including phenoxy) is 2. The number of benzene rings is 1. The highest BCUT2D eigenvalue weighted by molar-refractivity contribution is 7.17. The van der Waals surface area contributed by atoms with Gasteiger partial charge in [-0.25, -0.2) is 0 Å². The van der Waals surface area contributed by atoms with E-state index in [1.54, 1.807) is 6.07 Å². The van der Waals surface area contributed by atoms with Crippen LogP contribution < -0.4 is 15.2 Å². The van der Waals surface area contributed by atoms with Crippen LogP contribution >= 0.6 is 11.3 Å². The zero-order chi connectivity index (χ0) is 18.9. The van der Waals surface area contributed by atoms with Gasteiger partial charge in [0.1, 0.15) is 4.70 Å². The van der Waals surface area contributed by atoms with Crippen molar-refractivity contribution in [2.75, 3.05) is 62.4 Å². The van der Waals surface area contributed by atoms with E-state index in [9.17, 15) is 4.79 Å². The van der Waals surface area contributed by atoms with Gasteiger partial charge >= 0.3 is 0 Å². The molecule has 1 aromatic carbocycles. The smallest absolute Gasteiger partial charge is 0.204 e. The van der Waals surface area contributed by atoms with Crippen molar-refractivity contribution in [1.29, 1.82) is 0 Å². The molecule has 0 N–H and O–H groups in total. The minimum atomic E-state index is 0.0175. The van der Waals surface area contributed by atoms with E-state index in [0.29, 0.717) is 29.4 Å². The van der Waals surface area contributed by atoms with E-state index >= 15 is 0 Å². The summed E-state index contributed by atoms with van der Waals surface area (Å²) in [4.78, 5) is 17.0. The molecule has 0 unspecified atom stereocenters. The summed E-state index contributed by atoms with van der Waals surface area (Å²) >= 11 is 1.45. The first-order chi connectivity index (χ1) is 13.8. The van der Waals surface area contributed by atoms with Crippen LogP contribution in [0.3, 0.4) is 0 Å².